The summed E-state index contributed by atoms with van der Waals surface area (Å²) < 4.78 is 0. The first-order valence-electron chi connectivity index (χ1n) is 6.89. The molecule has 0 heterocycles. The maximum absolute atomic E-state index is 12.1. The molecule has 0 radical (unpaired) electrons. The Morgan fingerprint density at radius 2 is 2.00 bits per heavy atom. The number of hydrogen-bond donors (Lipinski definition) is 1. The number of nitro groups is 1. The summed E-state index contributed by atoms with van der Waals surface area (Å²) in [6.07, 6.45) is 1.28. The van der Waals surface area contributed by atoms with Crippen LogP contribution in [0.15, 0.2) is 54.1 Å². The molecule has 0 aliphatic rings. The Kier molecular flexibility index (Phi) is 5.66. The Morgan fingerprint density at radius 1 is 1.29 bits per heavy atom. The van der Waals surface area contributed by atoms with Crippen LogP contribution in [0.5, 0.6) is 0 Å². The first-order valence-corrected chi connectivity index (χ1v) is 7.27. The molecule has 2 aromatic rings. The number of halogens is 1. The van der Waals surface area contributed by atoms with Crippen molar-refractivity contribution in [3.63, 3.8) is 0 Å². The summed E-state index contributed by atoms with van der Waals surface area (Å²) in [5.41, 5.74) is 0.803. The van der Waals surface area contributed by atoms with Gasteiger partial charge < -0.3 is 5.32 Å². The Bertz CT molecular complexity index is 842. The molecule has 0 saturated heterocycles. The molecule has 2 rings (SSSR count). The van der Waals surface area contributed by atoms with Crippen LogP contribution >= 0.6 is 11.6 Å². The van der Waals surface area contributed by atoms with Gasteiger partial charge in [0.05, 0.1) is 4.92 Å². The fourth-order valence-corrected chi connectivity index (χ4v) is 2.13. The molecule has 1 amide bonds. The number of benzene rings is 2. The molecule has 24 heavy (non-hydrogen) atoms. The quantitative estimate of drug-likeness (QED) is 0.390. The largest absolute Gasteiger partial charge is 0.347 e. The molecule has 0 aliphatic heterocycles. The van der Waals surface area contributed by atoms with Gasteiger partial charge in [-0.15, -0.1) is 0 Å². The lowest BCUT2D eigenvalue weighted by Gasteiger charge is -2.04. The summed E-state index contributed by atoms with van der Waals surface area (Å²) >= 11 is 5.74. The monoisotopic (exact) mass is 341 g/mol. The molecule has 0 fully saturated rings. The highest BCUT2D eigenvalue weighted by Gasteiger charge is 2.14. The second-order valence-electron chi connectivity index (χ2n) is 4.81. The highest BCUT2D eigenvalue weighted by atomic mass is 35.5. The molecule has 0 spiro atoms. The van der Waals surface area contributed by atoms with Crippen molar-refractivity contribution >= 4 is 29.3 Å². The van der Waals surface area contributed by atoms with Crippen LogP contribution in [0, 0.1) is 21.4 Å². The lowest BCUT2D eigenvalue weighted by Crippen LogP contribution is -2.23. The molecule has 2 aromatic carbocycles. The fourth-order valence-electron chi connectivity index (χ4n) is 1.95. The number of nitrogens with zero attached hydrogens (tertiary/aromatic N) is 2. The number of nitrogens with one attached hydrogen (secondary N) is 1. The van der Waals surface area contributed by atoms with Crippen LogP contribution in [0.3, 0.4) is 0 Å². The predicted molar refractivity (Wildman–Crippen MR) is 90.0 cm³/mol. The number of nitro benzene ring substituents is 1. The third kappa shape index (κ3) is 4.41. The molecule has 0 aromatic heterocycles. The number of amides is 1. The summed E-state index contributed by atoms with van der Waals surface area (Å²) in [5.74, 6) is -0.557. The number of hydrogen-bond acceptors (Lipinski definition) is 4. The van der Waals surface area contributed by atoms with E-state index in [0.717, 1.165) is 5.56 Å². The van der Waals surface area contributed by atoms with Gasteiger partial charge >= 0.3 is 0 Å². The first-order chi connectivity index (χ1) is 11.5. The second kappa shape index (κ2) is 7.90. The van der Waals surface area contributed by atoms with Gasteiger partial charge in [-0.1, -0.05) is 48.0 Å². The lowest BCUT2D eigenvalue weighted by atomic mass is 10.1. The third-order valence-electron chi connectivity index (χ3n) is 3.14. The van der Waals surface area contributed by atoms with E-state index in [-0.39, 0.29) is 22.8 Å². The summed E-state index contributed by atoms with van der Waals surface area (Å²) in [4.78, 5) is 22.3. The molecule has 6 nitrogen and oxygen atoms in total. The van der Waals surface area contributed by atoms with E-state index in [0.29, 0.717) is 5.56 Å². The van der Waals surface area contributed by atoms with E-state index < -0.39 is 10.8 Å². The van der Waals surface area contributed by atoms with E-state index in [1.165, 1.54) is 24.3 Å². The van der Waals surface area contributed by atoms with E-state index in [1.807, 2.05) is 30.3 Å². The Hall–Kier alpha value is -3.17. The van der Waals surface area contributed by atoms with Crippen molar-refractivity contribution in [1.29, 1.82) is 5.26 Å². The van der Waals surface area contributed by atoms with E-state index in [1.54, 1.807) is 6.07 Å². The highest BCUT2D eigenvalue weighted by Crippen LogP contribution is 2.26. The van der Waals surface area contributed by atoms with Gasteiger partial charge in [0.2, 0.25) is 0 Å². The van der Waals surface area contributed by atoms with Crippen molar-refractivity contribution in [2.75, 3.05) is 0 Å². The molecule has 7 heteroatoms. The van der Waals surface area contributed by atoms with Gasteiger partial charge in [0.15, 0.2) is 0 Å². The van der Waals surface area contributed by atoms with Gasteiger partial charge in [0.1, 0.15) is 16.7 Å². The van der Waals surface area contributed by atoms with E-state index in [2.05, 4.69) is 5.32 Å². The van der Waals surface area contributed by atoms with Gasteiger partial charge in [-0.25, -0.2) is 0 Å². The van der Waals surface area contributed by atoms with Gasteiger partial charge in [0.25, 0.3) is 11.6 Å². The second-order valence-corrected chi connectivity index (χ2v) is 5.21. The standard InChI is InChI=1S/C17H12ClN3O3/c18-15-7-6-13(9-16(15)21(23)24)8-14(10-19)17(22)20-11-12-4-2-1-3-5-12/h1-9H,11H2,(H,20,22). The maximum atomic E-state index is 12.1. The van der Waals surface area contributed by atoms with Crippen LogP contribution in [-0.2, 0) is 11.3 Å². The topological polar surface area (TPSA) is 96.0 Å². The zero-order valence-electron chi connectivity index (χ0n) is 12.4. The summed E-state index contributed by atoms with van der Waals surface area (Å²) in [5, 5.41) is 22.6. The van der Waals surface area contributed by atoms with Crippen molar-refractivity contribution in [3.05, 3.63) is 80.4 Å². The summed E-state index contributed by atoms with van der Waals surface area (Å²) in [7, 11) is 0. The van der Waals surface area contributed by atoms with E-state index in [9.17, 15) is 14.9 Å². The minimum absolute atomic E-state index is 0.0100. The molecule has 0 saturated carbocycles. The zero-order chi connectivity index (χ0) is 17.5. The molecule has 1 N–H and O–H groups in total. The van der Waals surface area contributed by atoms with Crippen molar-refractivity contribution < 1.29 is 9.72 Å². The minimum Gasteiger partial charge on any atom is -0.347 e. The van der Waals surface area contributed by atoms with E-state index >= 15 is 0 Å². The third-order valence-corrected chi connectivity index (χ3v) is 3.46. The van der Waals surface area contributed by atoms with Crippen LogP contribution in [0.2, 0.25) is 5.02 Å². The van der Waals surface area contributed by atoms with Crippen LogP contribution in [-0.4, -0.2) is 10.8 Å². The lowest BCUT2D eigenvalue weighted by molar-refractivity contribution is -0.384. The Balaban J connectivity index is 2.17. The maximum Gasteiger partial charge on any atom is 0.288 e. The van der Waals surface area contributed by atoms with Crippen molar-refractivity contribution in [2.24, 2.45) is 0 Å². The summed E-state index contributed by atoms with van der Waals surface area (Å²) in [6, 6.07) is 15.1. The van der Waals surface area contributed by atoms with Gasteiger partial charge in [0, 0.05) is 12.6 Å². The van der Waals surface area contributed by atoms with Gasteiger partial charge in [-0.2, -0.15) is 5.26 Å². The molecular formula is C17H12ClN3O3. The number of nitriles is 1. The molecule has 120 valence electrons. The first kappa shape index (κ1) is 17.2. The number of carbonyl (C=O) groups excluding carboxylic acids is 1. The SMILES string of the molecule is N#CC(=Cc1ccc(Cl)c([N+](=O)[O-])c1)C(=O)NCc1ccccc1. The average molecular weight is 342 g/mol. The average Bonchev–Trinajstić information content (AvgIpc) is 2.59. The van der Waals surface area contributed by atoms with Crippen molar-refractivity contribution in [2.45, 2.75) is 6.54 Å². The molecule has 0 atom stereocenters. The van der Waals surface area contributed by atoms with Crippen LogP contribution in [0.1, 0.15) is 11.1 Å². The van der Waals surface area contributed by atoms with Crippen LogP contribution < -0.4 is 5.32 Å². The minimum atomic E-state index is -0.624. The fraction of sp³-hybridized carbons (Fsp3) is 0.0588. The molecule has 0 aliphatic carbocycles. The molecular weight excluding hydrogens is 330 g/mol. The zero-order valence-corrected chi connectivity index (χ0v) is 13.2. The smallest absolute Gasteiger partial charge is 0.288 e. The van der Waals surface area contributed by atoms with Gasteiger partial charge in [-0.05, 0) is 23.3 Å². The highest BCUT2D eigenvalue weighted by molar-refractivity contribution is 6.32. The molecule has 0 unspecified atom stereocenters. The van der Waals surface area contributed by atoms with Crippen molar-refractivity contribution in [3.8, 4) is 6.07 Å². The predicted octanol–water partition coefficient (Wildman–Crippen LogP) is 3.47. The molecule has 0 bridgehead atoms. The Labute approximate surface area is 143 Å². The Morgan fingerprint density at radius 3 is 2.62 bits per heavy atom. The van der Waals surface area contributed by atoms with Gasteiger partial charge in [-0.3, -0.25) is 14.9 Å². The van der Waals surface area contributed by atoms with Crippen LogP contribution in [0.25, 0.3) is 6.08 Å². The normalized spacial score (nSPS) is 10.8. The van der Waals surface area contributed by atoms with Crippen LogP contribution in [0.4, 0.5) is 5.69 Å². The van der Waals surface area contributed by atoms with E-state index in [4.69, 9.17) is 16.9 Å². The summed E-state index contributed by atoms with van der Waals surface area (Å²) in [6.45, 7) is 0.277. The van der Waals surface area contributed by atoms with Crippen molar-refractivity contribution in [1.82, 2.24) is 5.32 Å². The number of carbonyl (C=O) groups is 1. The number of rotatable bonds is 5.